The van der Waals surface area contributed by atoms with Gasteiger partial charge in [-0.15, -0.1) is 0 Å². The molecule has 2 atom stereocenters. The maximum Gasteiger partial charge on any atom is 0.115 e. The van der Waals surface area contributed by atoms with E-state index in [4.69, 9.17) is 4.74 Å². The lowest BCUT2D eigenvalue weighted by Crippen LogP contribution is -2.53. The average Bonchev–Trinajstić information content (AvgIpc) is 2.52. The van der Waals surface area contributed by atoms with Crippen molar-refractivity contribution in [2.24, 2.45) is 5.41 Å². The standard InChI is InChI=1S/C15H25N3O3/c1-21-6-2-4-15(11-19)10-18(5-3-14(15)20)9-13-7-16-12-17-8-13/h7-8,12,14,19-20H,2-6,9-11H2,1H3/t14-,15+/m1/s1. The van der Waals surface area contributed by atoms with E-state index in [1.165, 1.54) is 6.33 Å². The fraction of sp³-hybridized carbons (Fsp3) is 0.733. The van der Waals surface area contributed by atoms with Gasteiger partial charge in [0.15, 0.2) is 0 Å². The summed E-state index contributed by atoms with van der Waals surface area (Å²) in [5.41, 5.74) is 0.601. The Kier molecular flexibility index (Phi) is 6.05. The van der Waals surface area contributed by atoms with E-state index in [-0.39, 0.29) is 6.61 Å². The van der Waals surface area contributed by atoms with Crippen LogP contribution in [0.1, 0.15) is 24.8 Å². The van der Waals surface area contributed by atoms with Gasteiger partial charge >= 0.3 is 0 Å². The van der Waals surface area contributed by atoms with E-state index < -0.39 is 11.5 Å². The summed E-state index contributed by atoms with van der Waals surface area (Å²) < 4.78 is 5.09. The lowest BCUT2D eigenvalue weighted by molar-refractivity contribution is -0.0843. The van der Waals surface area contributed by atoms with Crippen molar-refractivity contribution in [3.05, 3.63) is 24.3 Å². The second kappa shape index (κ2) is 7.79. The molecule has 0 saturated carbocycles. The molecule has 1 aliphatic rings. The molecule has 0 bridgehead atoms. The van der Waals surface area contributed by atoms with Crippen LogP contribution in [0.5, 0.6) is 0 Å². The summed E-state index contributed by atoms with van der Waals surface area (Å²) in [7, 11) is 1.67. The molecule has 1 fully saturated rings. The van der Waals surface area contributed by atoms with Crippen molar-refractivity contribution in [2.75, 3.05) is 33.4 Å². The van der Waals surface area contributed by atoms with Crippen LogP contribution < -0.4 is 0 Å². The molecule has 21 heavy (non-hydrogen) atoms. The number of nitrogens with zero attached hydrogens (tertiary/aromatic N) is 3. The quantitative estimate of drug-likeness (QED) is 0.711. The second-order valence-electron chi connectivity index (χ2n) is 5.88. The number of hydrogen-bond acceptors (Lipinski definition) is 6. The van der Waals surface area contributed by atoms with Crippen LogP contribution in [0, 0.1) is 5.41 Å². The monoisotopic (exact) mass is 295 g/mol. The number of aromatic nitrogens is 2. The highest BCUT2D eigenvalue weighted by Crippen LogP contribution is 2.35. The maximum absolute atomic E-state index is 10.4. The molecule has 0 spiro atoms. The van der Waals surface area contributed by atoms with Crippen LogP contribution in [-0.4, -0.2) is 64.6 Å². The number of likely N-dealkylation sites (tertiary alicyclic amines) is 1. The van der Waals surface area contributed by atoms with Gasteiger partial charge in [-0.3, -0.25) is 4.90 Å². The molecule has 0 unspecified atom stereocenters. The van der Waals surface area contributed by atoms with Crippen molar-refractivity contribution in [2.45, 2.75) is 31.9 Å². The largest absolute Gasteiger partial charge is 0.396 e. The van der Waals surface area contributed by atoms with Crippen LogP contribution in [0.15, 0.2) is 18.7 Å². The van der Waals surface area contributed by atoms with Crippen molar-refractivity contribution >= 4 is 0 Å². The fourth-order valence-electron chi connectivity index (χ4n) is 3.09. The maximum atomic E-state index is 10.4. The third kappa shape index (κ3) is 4.20. The van der Waals surface area contributed by atoms with Crippen LogP contribution in [0.2, 0.25) is 0 Å². The lowest BCUT2D eigenvalue weighted by Gasteiger charge is -2.45. The Hall–Kier alpha value is -1.08. The molecule has 2 N–H and O–H groups in total. The Morgan fingerprint density at radius 2 is 2.19 bits per heavy atom. The molecule has 6 heteroatoms. The molecule has 0 radical (unpaired) electrons. The van der Waals surface area contributed by atoms with Gasteiger partial charge in [0.2, 0.25) is 0 Å². The van der Waals surface area contributed by atoms with Gasteiger partial charge in [-0.25, -0.2) is 9.97 Å². The Labute approximate surface area is 125 Å². The first-order chi connectivity index (χ1) is 10.2. The SMILES string of the molecule is COCCC[C@@]1(CO)CN(Cc2cncnc2)CC[C@H]1O. The molecule has 0 aromatic carbocycles. The van der Waals surface area contributed by atoms with E-state index in [1.807, 2.05) is 12.4 Å². The topological polar surface area (TPSA) is 78.7 Å². The zero-order valence-electron chi connectivity index (χ0n) is 12.6. The summed E-state index contributed by atoms with van der Waals surface area (Å²) in [4.78, 5) is 10.3. The molecule has 1 saturated heterocycles. The van der Waals surface area contributed by atoms with Crippen LogP contribution in [0.3, 0.4) is 0 Å². The van der Waals surface area contributed by atoms with E-state index >= 15 is 0 Å². The number of rotatable bonds is 7. The van der Waals surface area contributed by atoms with Gasteiger partial charge in [-0.05, 0) is 19.3 Å². The van der Waals surface area contributed by atoms with Crippen molar-refractivity contribution in [1.29, 1.82) is 0 Å². The predicted molar refractivity (Wildman–Crippen MR) is 78.6 cm³/mol. The predicted octanol–water partition coefficient (Wildman–Crippen LogP) is 0.448. The first-order valence-electron chi connectivity index (χ1n) is 7.44. The molecule has 1 aliphatic heterocycles. The highest BCUT2D eigenvalue weighted by molar-refractivity contribution is 5.03. The average molecular weight is 295 g/mol. The number of aliphatic hydroxyl groups excluding tert-OH is 2. The number of methoxy groups -OCH3 is 1. The summed E-state index contributed by atoms with van der Waals surface area (Å²) in [6, 6.07) is 0. The Morgan fingerprint density at radius 3 is 2.86 bits per heavy atom. The fourth-order valence-corrected chi connectivity index (χ4v) is 3.09. The normalized spacial score (nSPS) is 26.9. The zero-order chi connectivity index (χ0) is 15.1. The third-order valence-corrected chi connectivity index (χ3v) is 4.32. The molecular weight excluding hydrogens is 270 g/mol. The number of piperidine rings is 1. The van der Waals surface area contributed by atoms with Crippen LogP contribution in [-0.2, 0) is 11.3 Å². The summed E-state index contributed by atoms with van der Waals surface area (Å²) in [5, 5.41) is 20.2. The first kappa shape index (κ1) is 16.3. The summed E-state index contributed by atoms with van der Waals surface area (Å²) in [5.74, 6) is 0. The highest BCUT2D eigenvalue weighted by Gasteiger charge is 2.41. The number of hydrogen-bond donors (Lipinski definition) is 2. The van der Waals surface area contributed by atoms with Crippen LogP contribution >= 0.6 is 0 Å². The second-order valence-corrected chi connectivity index (χ2v) is 5.88. The lowest BCUT2D eigenvalue weighted by atomic mass is 9.74. The minimum atomic E-state index is -0.456. The van der Waals surface area contributed by atoms with Gasteiger partial charge in [0, 0.05) is 56.7 Å². The van der Waals surface area contributed by atoms with Gasteiger partial charge in [0.1, 0.15) is 6.33 Å². The van der Waals surface area contributed by atoms with E-state index in [1.54, 1.807) is 7.11 Å². The van der Waals surface area contributed by atoms with E-state index in [9.17, 15) is 10.2 Å². The summed E-state index contributed by atoms with van der Waals surface area (Å²) >= 11 is 0. The van der Waals surface area contributed by atoms with Gasteiger partial charge in [-0.2, -0.15) is 0 Å². The molecule has 0 amide bonds. The summed E-state index contributed by atoms with van der Waals surface area (Å²) in [6.07, 6.45) is 6.97. The molecular formula is C15H25N3O3. The van der Waals surface area contributed by atoms with Crippen molar-refractivity contribution in [3.8, 4) is 0 Å². The molecule has 2 heterocycles. The van der Waals surface area contributed by atoms with Crippen molar-refractivity contribution in [3.63, 3.8) is 0 Å². The van der Waals surface area contributed by atoms with Crippen molar-refractivity contribution < 1.29 is 14.9 Å². The molecule has 1 aromatic rings. The highest BCUT2D eigenvalue weighted by atomic mass is 16.5. The minimum Gasteiger partial charge on any atom is -0.396 e. The van der Waals surface area contributed by atoms with Gasteiger partial charge in [-0.1, -0.05) is 0 Å². The van der Waals surface area contributed by atoms with Crippen LogP contribution in [0.4, 0.5) is 0 Å². The summed E-state index contributed by atoms with van der Waals surface area (Å²) in [6.45, 7) is 2.91. The zero-order valence-corrected chi connectivity index (χ0v) is 12.6. The smallest absolute Gasteiger partial charge is 0.115 e. The van der Waals surface area contributed by atoms with Crippen LogP contribution in [0.25, 0.3) is 0 Å². The van der Waals surface area contributed by atoms with Crippen molar-refractivity contribution in [1.82, 2.24) is 14.9 Å². The molecule has 6 nitrogen and oxygen atoms in total. The van der Waals surface area contributed by atoms with Gasteiger partial charge < -0.3 is 14.9 Å². The Morgan fingerprint density at radius 1 is 1.43 bits per heavy atom. The van der Waals surface area contributed by atoms with Gasteiger partial charge in [0.05, 0.1) is 12.7 Å². The Bertz CT molecular complexity index is 418. The molecule has 1 aromatic heterocycles. The minimum absolute atomic E-state index is 0.000327. The van der Waals surface area contributed by atoms with Gasteiger partial charge in [0.25, 0.3) is 0 Å². The Balaban J connectivity index is 1.99. The number of aliphatic hydroxyl groups is 2. The number of ether oxygens (including phenoxy) is 1. The van der Waals surface area contributed by atoms with E-state index in [0.29, 0.717) is 19.6 Å². The first-order valence-corrected chi connectivity index (χ1v) is 7.44. The third-order valence-electron chi connectivity index (χ3n) is 4.32. The molecule has 0 aliphatic carbocycles. The van der Waals surface area contributed by atoms with E-state index in [2.05, 4.69) is 14.9 Å². The van der Waals surface area contributed by atoms with E-state index in [0.717, 1.165) is 31.5 Å². The molecule has 2 rings (SSSR count). The molecule has 118 valence electrons.